The van der Waals surface area contributed by atoms with Gasteiger partial charge in [-0.05, 0) is 37.0 Å². The van der Waals surface area contributed by atoms with Gasteiger partial charge in [0, 0.05) is 16.1 Å². The van der Waals surface area contributed by atoms with Crippen LogP contribution in [0, 0.1) is 5.92 Å². The van der Waals surface area contributed by atoms with Gasteiger partial charge in [-0.2, -0.15) is 0 Å². The van der Waals surface area contributed by atoms with Crippen molar-refractivity contribution in [3.8, 4) is 0 Å². The van der Waals surface area contributed by atoms with Crippen LogP contribution < -0.4 is 5.32 Å². The molecule has 0 saturated heterocycles. The highest BCUT2D eigenvalue weighted by molar-refractivity contribution is 6.32. The Bertz CT molecular complexity index is 810. The van der Waals surface area contributed by atoms with Crippen molar-refractivity contribution in [2.45, 2.75) is 38.1 Å². The van der Waals surface area contributed by atoms with Crippen LogP contribution in [0.2, 0.25) is 5.02 Å². The van der Waals surface area contributed by atoms with Crippen molar-refractivity contribution < 1.29 is 4.79 Å². The molecule has 0 aromatic heterocycles. The van der Waals surface area contributed by atoms with Crippen LogP contribution in [0.25, 0.3) is 0 Å². The zero-order valence-corrected chi connectivity index (χ0v) is 14.8. The highest BCUT2D eigenvalue weighted by Gasteiger charge is 2.32. The Morgan fingerprint density at radius 3 is 2.52 bits per heavy atom. The van der Waals surface area contributed by atoms with Crippen molar-refractivity contribution in [3.05, 3.63) is 64.7 Å². The Hall–Kier alpha value is -2.13. The van der Waals surface area contributed by atoms with Gasteiger partial charge in [-0.25, -0.2) is 0 Å². The number of nitrogens with zero attached hydrogens (tertiary/aromatic N) is 1. The molecule has 1 N–H and O–H groups in total. The van der Waals surface area contributed by atoms with Gasteiger partial charge in [0.25, 0.3) is 0 Å². The molecule has 1 atom stereocenters. The van der Waals surface area contributed by atoms with E-state index in [1.54, 1.807) is 0 Å². The smallest absolute Gasteiger partial charge is 0.249 e. The summed E-state index contributed by atoms with van der Waals surface area (Å²) in [5, 5.41) is 3.73. The molecule has 1 amide bonds. The van der Waals surface area contributed by atoms with Gasteiger partial charge in [-0.1, -0.05) is 61.2 Å². The molecular weight excluding hydrogens is 332 g/mol. The third-order valence-corrected chi connectivity index (χ3v) is 5.41. The van der Waals surface area contributed by atoms with Crippen molar-refractivity contribution in [2.24, 2.45) is 10.9 Å². The number of fused-ring (bicyclic) bond motifs is 1. The second-order valence-corrected chi connectivity index (χ2v) is 7.30. The first-order valence-corrected chi connectivity index (χ1v) is 9.34. The molecule has 3 nitrogen and oxygen atoms in total. The lowest BCUT2D eigenvalue weighted by molar-refractivity contribution is -0.118. The van der Waals surface area contributed by atoms with E-state index in [9.17, 15) is 4.79 Å². The van der Waals surface area contributed by atoms with E-state index in [0.717, 1.165) is 35.4 Å². The number of nitrogens with one attached hydrogen (secondary N) is 1. The molecule has 2 aromatic carbocycles. The summed E-state index contributed by atoms with van der Waals surface area (Å²) in [6, 6.07) is 15.3. The summed E-state index contributed by atoms with van der Waals surface area (Å²) in [5.74, 6) is 0.318. The summed E-state index contributed by atoms with van der Waals surface area (Å²) in [4.78, 5) is 17.9. The minimum Gasteiger partial charge on any atom is -0.324 e. The van der Waals surface area contributed by atoms with Crippen LogP contribution in [-0.2, 0) is 4.79 Å². The molecule has 0 bridgehead atoms. The lowest BCUT2D eigenvalue weighted by Gasteiger charge is -2.26. The largest absolute Gasteiger partial charge is 0.324 e. The van der Waals surface area contributed by atoms with E-state index in [1.807, 2.05) is 48.5 Å². The molecule has 1 aliphatic carbocycles. The van der Waals surface area contributed by atoms with E-state index < -0.39 is 0 Å². The van der Waals surface area contributed by atoms with Crippen molar-refractivity contribution >= 4 is 28.9 Å². The zero-order chi connectivity index (χ0) is 17.2. The number of carbonyl (C=O) groups is 1. The van der Waals surface area contributed by atoms with Crippen molar-refractivity contribution in [1.29, 1.82) is 0 Å². The standard InChI is InChI=1S/C21H21ClN2O/c22-16-11-12-18-17(13-16)19(14-7-3-1-4-8-14)24-20(21(25)23-18)15-9-5-2-6-10-15/h1,3-4,7-8,11-13,15,20H,2,5-6,9-10H2,(H,23,25)/t20-/m0/s1. The first-order valence-electron chi connectivity index (χ1n) is 8.96. The maximum absolute atomic E-state index is 12.9. The molecule has 2 aromatic rings. The van der Waals surface area contributed by atoms with E-state index in [1.165, 1.54) is 19.3 Å². The third kappa shape index (κ3) is 3.34. The second kappa shape index (κ2) is 7.01. The fourth-order valence-corrected chi connectivity index (χ4v) is 4.06. The number of hydrogen-bond donors (Lipinski definition) is 1. The molecule has 0 radical (unpaired) electrons. The van der Waals surface area contributed by atoms with Crippen molar-refractivity contribution in [1.82, 2.24) is 0 Å². The Morgan fingerprint density at radius 1 is 1.00 bits per heavy atom. The molecule has 1 heterocycles. The Balaban J connectivity index is 1.84. The summed E-state index contributed by atoms with van der Waals surface area (Å²) >= 11 is 6.24. The monoisotopic (exact) mass is 352 g/mol. The van der Waals surface area contributed by atoms with Crippen molar-refractivity contribution in [3.63, 3.8) is 0 Å². The quantitative estimate of drug-likeness (QED) is 0.804. The van der Waals surface area contributed by atoms with Gasteiger partial charge in [0.2, 0.25) is 5.91 Å². The molecule has 4 heteroatoms. The average molecular weight is 353 g/mol. The van der Waals surface area contributed by atoms with Gasteiger partial charge in [-0.15, -0.1) is 0 Å². The zero-order valence-electron chi connectivity index (χ0n) is 14.0. The number of rotatable bonds is 2. The lowest BCUT2D eigenvalue weighted by atomic mass is 9.83. The minimum absolute atomic E-state index is 0.00130. The fourth-order valence-electron chi connectivity index (χ4n) is 3.89. The number of benzene rings is 2. The highest BCUT2D eigenvalue weighted by Crippen LogP contribution is 2.33. The maximum Gasteiger partial charge on any atom is 0.249 e. The predicted molar refractivity (Wildman–Crippen MR) is 103 cm³/mol. The molecule has 4 rings (SSSR count). The van der Waals surface area contributed by atoms with Crippen molar-refractivity contribution in [2.75, 3.05) is 5.32 Å². The predicted octanol–water partition coefficient (Wildman–Crippen LogP) is 5.08. The average Bonchev–Trinajstić information content (AvgIpc) is 2.79. The topological polar surface area (TPSA) is 41.5 Å². The molecule has 1 saturated carbocycles. The molecule has 1 fully saturated rings. The van der Waals surface area contributed by atoms with Crippen LogP contribution in [0.4, 0.5) is 5.69 Å². The Labute approximate surface area is 153 Å². The molecule has 0 unspecified atom stereocenters. The first-order chi connectivity index (χ1) is 12.2. The van der Waals surface area contributed by atoms with Gasteiger partial charge in [0.1, 0.15) is 6.04 Å². The van der Waals surface area contributed by atoms with Crippen LogP contribution >= 0.6 is 11.6 Å². The van der Waals surface area contributed by atoms with Crippen LogP contribution in [0.3, 0.4) is 0 Å². The summed E-state index contributed by atoms with van der Waals surface area (Å²) in [5.41, 5.74) is 3.55. The number of anilines is 1. The number of hydrogen-bond acceptors (Lipinski definition) is 2. The lowest BCUT2D eigenvalue weighted by Crippen LogP contribution is -2.34. The molecule has 25 heavy (non-hydrogen) atoms. The summed E-state index contributed by atoms with van der Waals surface area (Å²) in [6.45, 7) is 0. The summed E-state index contributed by atoms with van der Waals surface area (Å²) in [6.07, 6.45) is 5.77. The van der Waals surface area contributed by atoms with E-state index >= 15 is 0 Å². The summed E-state index contributed by atoms with van der Waals surface area (Å²) in [7, 11) is 0. The first kappa shape index (κ1) is 16.3. The van der Waals surface area contributed by atoms with E-state index in [-0.39, 0.29) is 11.9 Å². The Morgan fingerprint density at radius 2 is 1.76 bits per heavy atom. The molecule has 2 aliphatic rings. The SMILES string of the molecule is O=C1Nc2ccc(Cl)cc2C(c2ccccc2)=N[C@H]1C1CCCCC1. The highest BCUT2D eigenvalue weighted by atomic mass is 35.5. The van der Waals surface area contributed by atoms with Crippen LogP contribution in [0.5, 0.6) is 0 Å². The Kier molecular flexibility index (Phi) is 4.58. The minimum atomic E-state index is -0.332. The number of amides is 1. The van der Waals surface area contributed by atoms with E-state index in [0.29, 0.717) is 10.9 Å². The number of aliphatic imine (C=N–C) groups is 1. The number of halogens is 1. The number of benzodiazepines with no additional fused rings is 1. The van der Waals surface area contributed by atoms with Gasteiger partial charge < -0.3 is 5.32 Å². The normalized spacial score (nSPS) is 21.1. The fraction of sp³-hybridized carbons (Fsp3) is 0.333. The third-order valence-electron chi connectivity index (χ3n) is 5.17. The van der Waals surface area contributed by atoms with Gasteiger partial charge in [0.05, 0.1) is 11.4 Å². The number of carbonyl (C=O) groups excluding carboxylic acids is 1. The molecule has 128 valence electrons. The van der Waals surface area contributed by atoms with Crippen LogP contribution in [0.1, 0.15) is 43.2 Å². The van der Waals surface area contributed by atoms with Crippen LogP contribution in [0.15, 0.2) is 53.5 Å². The molecular formula is C21H21ClN2O. The second-order valence-electron chi connectivity index (χ2n) is 6.87. The van der Waals surface area contributed by atoms with E-state index in [4.69, 9.17) is 16.6 Å². The van der Waals surface area contributed by atoms with E-state index in [2.05, 4.69) is 5.32 Å². The van der Waals surface area contributed by atoms with Gasteiger partial charge >= 0.3 is 0 Å². The maximum atomic E-state index is 12.9. The van der Waals surface area contributed by atoms with Gasteiger partial charge in [-0.3, -0.25) is 9.79 Å². The molecule has 0 spiro atoms. The summed E-state index contributed by atoms with van der Waals surface area (Å²) < 4.78 is 0. The van der Waals surface area contributed by atoms with Gasteiger partial charge in [0.15, 0.2) is 0 Å². The molecule has 1 aliphatic heterocycles. The van der Waals surface area contributed by atoms with Crippen LogP contribution in [-0.4, -0.2) is 17.7 Å².